The van der Waals surface area contributed by atoms with E-state index in [9.17, 15) is 5.11 Å². The van der Waals surface area contributed by atoms with Gasteiger partial charge in [-0.2, -0.15) is 0 Å². The van der Waals surface area contributed by atoms with Gasteiger partial charge in [-0.15, -0.1) is 0 Å². The van der Waals surface area contributed by atoms with Crippen molar-refractivity contribution in [3.8, 4) is 11.5 Å². The molecule has 1 aliphatic rings. The lowest BCUT2D eigenvalue weighted by molar-refractivity contribution is 0.161. The summed E-state index contributed by atoms with van der Waals surface area (Å²) < 4.78 is 5.18. The van der Waals surface area contributed by atoms with Gasteiger partial charge in [0.1, 0.15) is 0 Å². The molecule has 0 aromatic heterocycles. The van der Waals surface area contributed by atoms with Crippen LogP contribution in [-0.2, 0) is 6.42 Å². The first-order chi connectivity index (χ1) is 8.08. The number of nitrogens with zero attached hydrogens (tertiary/aromatic N) is 1. The molecule has 0 bridgehead atoms. The van der Waals surface area contributed by atoms with E-state index in [1.807, 2.05) is 12.1 Å². The predicted octanol–water partition coefficient (Wildman–Crippen LogP) is 2.73. The number of ether oxygens (including phenoxy) is 1. The predicted molar refractivity (Wildman–Crippen MR) is 68.6 cm³/mol. The molecule has 3 nitrogen and oxygen atoms in total. The zero-order valence-electron chi connectivity index (χ0n) is 11.0. The van der Waals surface area contributed by atoms with Crippen molar-refractivity contribution in [2.45, 2.75) is 38.8 Å². The number of likely N-dealkylation sites (N-methyl/N-ethyl adjacent to an activating group) is 1. The van der Waals surface area contributed by atoms with Crippen LogP contribution in [0.1, 0.15) is 37.4 Å². The Labute approximate surface area is 103 Å². The summed E-state index contributed by atoms with van der Waals surface area (Å²) in [5.74, 6) is 0.816. The molecule has 1 N–H and O–H groups in total. The van der Waals surface area contributed by atoms with Gasteiger partial charge in [0.05, 0.1) is 7.11 Å². The van der Waals surface area contributed by atoms with Gasteiger partial charge in [0.15, 0.2) is 11.5 Å². The van der Waals surface area contributed by atoms with Gasteiger partial charge in [0.25, 0.3) is 0 Å². The highest BCUT2D eigenvalue weighted by atomic mass is 16.5. The second-order valence-corrected chi connectivity index (χ2v) is 4.83. The Balaban J connectivity index is 2.45. The lowest BCUT2D eigenvalue weighted by Gasteiger charge is -2.39. The Morgan fingerprint density at radius 1 is 1.47 bits per heavy atom. The van der Waals surface area contributed by atoms with Gasteiger partial charge in [0.2, 0.25) is 0 Å². The van der Waals surface area contributed by atoms with Crippen molar-refractivity contribution in [2.24, 2.45) is 0 Å². The monoisotopic (exact) mass is 235 g/mol. The second kappa shape index (κ2) is 4.57. The maximum absolute atomic E-state index is 9.85. The normalized spacial score (nSPS) is 24.5. The molecular weight excluding hydrogens is 214 g/mol. The number of methoxy groups -OCH3 is 1. The highest BCUT2D eigenvalue weighted by Crippen LogP contribution is 2.38. The first-order valence-corrected chi connectivity index (χ1v) is 6.20. The molecule has 2 atom stereocenters. The quantitative estimate of drug-likeness (QED) is 0.855. The van der Waals surface area contributed by atoms with Crippen LogP contribution in [0.15, 0.2) is 12.1 Å². The third kappa shape index (κ3) is 2.00. The Morgan fingerprint density at radius 3 is 2.76 bits per heavy atom. The number of aromatic hydroxyl groups is 1. The van der Waals surface area contributed by atoms with Crippen molar-refractivity contribution in [2.75, 3.05) is 14.2 Å². The van der Waals surface area contributed by atoms with Crippen LogP contribution < -0.4 is 4.74 Å². The molecule has 0 amide bonds. The third-order valence-electron chi connectivity index (χ3n) is 4.00. The van der Waals surface area contributed by atoms with Crippen LogP contribution in [0.4, 0.5) is 0 Å². The van der Waals surface area contributed by atoms with Crippen molar-refractivity contribution >= 4 is 0 Å². The third-order valence-corrected chi connectivity index (χ3v) is 4.00. The van der Waals surface area contributed by atoms with E-state index in [1.165, 1.54) is 11.1 Å². The SMILES string of the molecule is CC[C@@H]1Cc2cc(OC)c(O)cc2[C@@H](C)N1C. The van der Waals surface area contributed by atoms with Gasteiger partial charge >= 0.3 is 0 Å². The average molecular weight is 235 g/mol. The van der Waals surface area contributed by atoms with E-state index in [-0.39, 0.29) is 5.75 Å². The number of phenolic OH excluding ortho intramolecular Hbond substituents is 1. The summed E-state index contributed by atoms with van der Waals surface area (Å²) in [4.78, 5) is 2.38. The number of hydrogen-bond donors (Lipinski definition) is 1. The molecule has 1 aromatic carbocycles. The van der Waals surface area contributed by atoms with Crippen LogP contribution in [0.5, 0.6) is 11.5 Å². The molecule has 0 radical (unpaired) electrons. The number of fused-ring (bicyclic) bond motifs is 1. The fourth-order valence-electron chi connectivity index (χ4n) is 2.72. The van der Waals surface area contributed by atoms with Crippen LogP contribution in [0.2, 0.25) is 0 Å². The van der Waals surface area contributed by atoms with Crippen molar-refractivity contribution in [1.29, 1.82) is 0 Å². The lowest BCUT2D eigenvalue weighted by Crippen LogP contribution is -2.39. The summed E-state index contributed by atoms with van der Waals surface area (Å²) in [6, 6.07) is 4.75. The van der Waals surface area contributed by atoms with Gasteiger partial charge in [-0.05, 0) is 50.1 Å². The van der Waals surface area contributed by atoms with E-state index >= 15 is 0 Å². The molecule has 94 valence electrons. The molecule has 3 heteroatoms. The zero-order chi connectivity index (χ0) is 12.6. The summed E-state index contributed by atoms with van der Waals surface area (Å²) in [7, 11) is 3.75. The molecule has 17 heavy (non-hydrogen) atoms. The molecule has 1 aliphatic heterocycles. The second-order valence-electron chi connectivity index (χ2n) is 4.83. The van der Waals surface area contributed by atoms with Gasteiger partial charge in [-0.1, -0.05) is 6.92 Å². The number of phenols is 1. The summed E-state index contributed by atoms with van der Waals surface area (Å²) in [5.41, 5.74) is 2.52. The molecule has 0 unspecified atom stereocenters. The Kier molecular flexibility index (Phi) is 3.29. The molecule has 2 rings (SSSR count). The molecule has 0 saturated carbocycles. The minimum Gasteiger partial charge on any atom is -0.504 e. The van der Waals surface area contributed by atoms with Gasteiger partial charge in [0, 0.05) is 12.1 Å². The number of hydrogen-bond acceptors (Lipinski definition) is 3. The highest BCUT2D eigenvalue weighted by Gasteiger charge is 2.29. The van der Waals surface area contributed by atoms with Gasteiger partial charge < -0.3 is 9.84 Å². The lowest BCUT2D eigenvalue weighted by atomic mass is 9.88. The number of benzene rings is 1. The molecule has 0 fully saturated rings. The average Bonchev–Trinajstić information content (AvgIpc) is 2.34. The highest BCUT2D eigenvalue weighted by molar-refractivity contribution is 5.48. The first-order valence-electron chi connectivity index (χ1n) is 6.20. The molecule has 0 spiro atoms. The smallest absolute Gasteiger partial charge is 0.160 e. The molecule has 1 heterocycles. The zero-order valence-corrected chi connectivity index (χ0v) is 11.0. The topological polar surface area (TPSA) is 32.7 Å². The Hall–Kier alpha value is -1.22. The summed E-state index contributed by atoms with van der Waals surface area (Å²) in [6.45, 7) is 4.41. The van der Waals surface area contributed by atoms with Crippen molar-refractivity contribution in [3.05, 3.63) is 23.3 Å². The van der Waals surface area contributed by atoms with Crippen molar-refractivity contribution in [3.63, 3.8) is 0 Å². The summed E-state index contributed by atoms with van der Waals surface area (Å²) >= 11 is 0. The first kappa shape index (κ1) is 12.2. The van der Waals surface area contributed by atoms with E-state index in [2.05, 4.69) is 25.8 Å². The van der Waals surface area contributed by atoms with Gasteiger partial charge in [-0.3, -0.25) is 4.90 Å². The summed E-state index contributed by atoms with van der Waals surface area (Å²) in [6.07, 6.45) is 2.17. The fourth-order valence-corrected chi connectivity index (χ4v) is 2.72. The van der Waals surface area contributed by atoms with E-state index in [4.69, 9.17) is 4.74 Å². The Bertz CT molecular complexity index is 417. The molecule has 0 saturated heterocycles. The maximum Gasteiger partial charge on any atom is 0.160 e. The van der Waals surface area contributed by atoms with Crippen LogP contribution in [0, 0.1) is 0 Å². The maximum atomic E-state index is 9.85. The van der Waals surface area contributed by atoms with E-state index in [0.29, 0.717) is 17.8 Å². The van der Waals surface area contributed by atoms with Crippen molar-refractivity contribution in [1.82, 2.24) is 4.90 Å². The molecule has 0 aliphatic carbocycles. The molecule has 1 aromatic rings. The number of rotatable bonds is 2. The fraction of sp³-hybridized carbons (Fsp3) is 0.571. The molecular formula is C14H21NO2. The van der Waals surface area contributed by atoms with E-state index < -0.39 is 0 Å². The van der Waals surface area contributed by atoms with Crippen LogP contribution in [0.25, 0.3) is 0 Å². The van der Waals surface area contributed by atoms with Gasteiger partial charge in [-0.25, -0.2) is 0 Å². The van der Waals surface area contributed by atoms with Crippen LogP contribution in [-0.4, -0.2) is 30.2 Å². The van der Waals surface area contributed by atoms with E-state index in [0.717, 1.165) is 12.8 Å². The van der Waals surface area contributed by atoms with E-state index in [1.54, 1.807) is 7.11 Å². The largest absolute Gasteiger partial charge is 0.504 e. The summed E-state index contributed by atoms with van der Waals surface area (Å²) in [5, 5.41) is 9.85. The van der Waals surface area contributed by atoms with Crippen LogP contribution in [0.3, 0.4) is 0 Å². The Morgan fingerprint density at radius 2 is 2.18 bits per heavy atom. The van der Waals surface area contributed by atoms with Crippen molar-refractivity contribution < 1.29 is 9.84 Å². The standard InChI is InChI=1S/C14H21NO2/c1-5-11-6-10-7-14(17-4)13(16)8-12(10)9(2)15(11)3/h7-9,11,16H,5-6H2,1-4H3/t9-,11-/m1/s1. The minimum absolute atomic E-state index is 0.237. The van der Waals surface area contributed by atoms with Crippen LogP contribution >= 0.6 is 0 Å². The minimum atomic E-state index is 0.237.